The highest BCUT2D eigenvalue weighted by Gasteiger charge is 2.47. The zero-order chi connectivity index (χ0) is 23.7. The van der Waals surface area contributed by atoms with Crippen LogP contribution in [0.1, 0.15) is 22.7 Å². The first-order valence-corrected chi connectivity index (χ1v) is 10.6. The van der Waals surface area contributed by atoms with Gasteiger partial charge in [-0.15, -0.1) is 0 Å². The molecular formula is C26H22ClNO5. The van der Waals surface area contributed by atoms with Crippen molar-refractivity contribution < 1.29 is 24.2 Å². The number of aliphatic hydroxyl groups is 1. The number of amides is 1. The Bertz CT molecular complexity index is 1270. The van der Waals surface area contributed by atoms with E-state index in [1.807, 2.05) is 31.2 Å². The van der Waals surface area contributed by atoms with Crippen LogP contribution in [0.3, 0.4) is 0 Å². The fraction of sp³-hybridized carbons (Fsp3) is 0.154. The lowest BCUT2D eigenvalue weighted by Gasteiger charge is -2.26. The third-order valence-corrected chi connectivity index (χ3v) is 6.04. The number of methoxy groups -OCH3 is 2. The van der Waals surface area contributed by atoms with Crippen molar-refractivity contribution in [2.75, 3.05) is 19.1 Å². The zero-order valence-electron chi connectivity index (χ0n) is 18.3. The molecule has 3 aromatic carbocycles. The minimum Gasteiger partial charge on any atom is -0.507 e. The van der Waals surface area contributed by atoms with Crippen molar-refractivity contribution in [1.82, 2.24) is 0 Å². The number of carbonyl (C=O) groups is 2. The number of ether oxygens (including phenoxy) is 2. The number of rotatable bonds is 5. The molecule has 7 heteroatoms. The van der Waals surface area contributed by atoms with Gasteiger partial charge in [0.25, 0.3) is 11.7 Å². The molecule has 1 amide bonds. The molecule has 0 bridgehead atoms. The summed E-state index contributed by atoms with van der Waals surface area (Å²) in [5, 5.41) is 11.5. The standard InChI is InChI=1S/C26H22ClNO5/c1-15-6-4-5-7-19(15)23-22(24(29)20-14-18(33-3)12-13-21(20)27)25(30)26(31)28(23)16-8-10-17(32-2)11-9-16/h4-14,23,29H,1-3H3/b24-22+. The Hall–Kier alpha value is -3.77. The lowest BCUT2D eigenvalue weighted by molar-refractivity contribution is -0.132. The number of benzene rings is 3. The Labute approximate surface area is 196 Å². The van der Waals surface area contributed by atoms with Crippen molar-refractivity contribution in [1.29, 1.82) is 0 Å². The van der Waals surface area contributed by atoms with Crippen LogP contribution < -0.4 is 14.4 Å². The first-order valence-electron chi connectivity index (χ1n) is 10.2. The molecule has 1 saturated heterocycles. The number of hydrogen-bond donors (Lipinski definition) is 1. The molecule has 168 valence electrons. The lowest BCUT2D eigenvalue weighted by atomic mass is 9.92. The first kappa shape index (κ1) is 22.4. The Balaban J connectivity index is 1.97. The van der Waals surface area contributed by atoms with E-state index in [1.165, 1.54) is 18.1 Å². The Morgan fingerprint density at radius 3 is 2.21 bits per heavy atom. The van der Waals surface area contributed by atoms with Crippen LogP contribution in [0.25, 0.3) is 5.76 Å². The van der Waals surface area contributed by atoms with Gasteiger partial charge in [0.15, 0.2) is 0 Å². The second-order valence-corrected chi connectivity index (χ2v) is 7.98. The van der Waals surface area contributed by atoms with Crippen molar-refractivity contribution in [2.24, 2.45) is 0 Å². The van der Waals surface area contributed by atoms with Crippen molar-refractivity contribution in [3.63, 3.8) is 0 Å². The highest BCUT2D eigenvalue weighted by atomic mass is 35.5. The quantitative estimate of drug-likeness (QED) is 0.316. The van der Waals surface area contributed by atoms with Crippen LogP contribution in [0.4, 0.5) is 5.69 Å². The Morgan fingerprint density at radius 1 is 0.939 bits per heavy atom. The van der Waals surface area contributed by atoms with E-state index >= 15 is 0 Å². The van der Waals surface area contributed by atoms with Crippen molar-refractivity contribution in [2.45, 2.75) is 13.0 Å². The normalized spacial score (nSPS) is 17.3. The summed E-state index contributed by atoms with van der Waals surface area (Å²) in [7, 11) is 3.04. The summed E-state index contributed by atoms with van der Waals surface area (Å²) in [4.78, 5) is 27.9. The van der Waals surface area contributed by atoms with Crippen molar-refractivity contribution >= 4 is 34.7 Å². The molecule has 1 unspecified atom stereocenters. The van der Waals surface area contributed by atoms with Gasteiger partial charge in [-0.2, -0.15) is 0 Å². The summed E-state index contributed by atoms with van der Waals surface area (Å²) in [6, 6.07) is 18.2. The molecule has 1 aliphatic rings. The molecule has 3 aromatic rings. The van der Waals surface area contributed by atoms with Gasteiger partial charge in [0.2, 0.25) is 0 Å². The van der Waals surface area contributed by atoms with E-state index in [4.69, 9.17) is 21.1 Å². The molecule has 0 radical (unpaired) electrons. The lowest BCUT2D eigenvalue weighted by Crippen LogP contribution is -2.29. The second kappa shape index (κ2) is 9.00. The average Bonchev–Trinajstić information content (AvgIpc) is 3.09. The van der Waals surface area contributed by atoms with E-state index in [1.54, 1.807) is 43.5 Å². The number of ketones is 1. The predicted molar refractivity (Wildman–Crippen MR) is 127 cm³/mol. The molecule has 1 aliphatic heterocycles. The maximum absolute atomic E-state index is 13.3. The van der Waals surface area contributed by atoms with Gasteiger partial charge in [-0.3, -0.25) is 14.5 Å². The third-order valence-electron chi connectivity index (χ3n) is 5.71. The molecule has 1 N–H and O–H groups in total. The van der Waals surface area contributed by atoms with Gasteiger partial charge in [0.1, 0.15) is 17.3 Å². The number of anilines is 1. The number of nitrogens with zero attached hydrogens (tertiary/aromatic N) is 1. The Morgan fingerprint density at radius 2 is 1.58 bits per heavy atom. The summed E-state index contributed by atoms with van der Waals surface area (Å²) in [6.07, 6.45) is 0. The molecule has 1 heterocycles. The smallest absolute Gasteiger partial charge is 0.300 e. The molecule has 0 aliphatic carbocycles. The molecule has 0 saturated carbocycles. The molecule has 4 rings (SSSR count). The van der Waals surface area contributed by atoms with Crippen LogP contribution >= 0.6 is 11.6 Å². The number of aryl methyl sites for hydroxylation is 1. The van der Waals surface area contributed by atoms with Crippen LogP contribution in [-0.2, 0) is 9.59 Å². The molecular weight excluding hydrogens is 442 g/mol. The van der Waals surface area contributed by atoms with Crippen molar-refractivity contribution in [3.05, 3.63) is 94.0 Å². The third kappa shape index (κ3) is 3.94. The van der Waals surface area contributed by atoms with E-state index in [0.29, 0.717) is 22.7 Å². The highest BCUT2D eigenvalue weighted by molar-refractivity contribution is 6.52. The molecule has 1 atom stereocenters. The summed E-state index contributed by atoms with van der Waals surface area (Å²) >= 11 is 6.35. The first-order chi connectivity index (χ1) is 15.9. The van der Waals surface area contributed by atoms with Crippen LogP contribution in [0.15, 0.2) is 72.3 Å². The van der Waals surface area contributed by atoms with Gasteiger partial charge in [-0.25, -0.2) is 0 Å². The van der Waals surface area contributed by atoms with Gasteiger partial charge >= 0.3 is 0 Å². The van der Waals surface area contributed by atoms with E-state index < -0.39 is 17.7 Å². The van der Waals surface area contributed by atoms with Crippen LogP contribution in [0.5, 0.6) is 11.5 Å². The predicted octanol–water partition coefficient (Wildman–Crippen LogP) is 5.29. The molecule has 1 fully saturated rings. The second-order valence-electron chi connectivity index (χ2n) is 7.57. The monoisotopic (exact) mass is 463 g/mol. The summed E-state index contributed by atoms with van der Waals surface area (Å²) in [5.74, 6) is -0.824. The average molecular weight is 464 g/mol. The van der Waals surface area contributed by atoms with Gasteiger partial charge in [0, 0.05) is 11.3 Å². The zero-order valence-corrected chi connectivity index (χ0v) is 19.1. The van der Waals surface area contributed by atoms with Crippen LogP contribution in [0.2, 0.25) is 5.02 Å². The fourth-order valence-corrected chi connectivity index (χ4v) is 4.19. The number of aliphatic hydroxyl groups excluding tert-OH is 1. The maximum atomic E-state index is 13.3. The summed E-state index contributed by atoms with van der Waals surface area (Å²) < 4.78 is 10.5. The van der Waals surface area contributed by atoms with Gasteiger partial charge in [-0.05, 0) is 60.5 Å². The van der Waals surface area contributed by atoms with Gasteiger partial charge in [-0.1, -0.05) is 35.9 Å². The molecule has 33 heavy (non-hydrogen) atoms. The van der Waals surface area contributed by atoms with Gasteiger partial charge < -0.3 is 14.6 Å². The van der Waals surface area contributed by atoms with Crippen LogP contribution in [-0.4, -0.2) is 31.0 Å². The SMILES string of the molecule is COc1ccc(N2C(=O)C(=O)/C(=C(/O)c3cc(OC)ccc3Cl)C2c2ccccc2C)cc1. The van der Waals surface area contributed by atoms with Crippen molar-refractivity contribution in [3.8, 4) is 11.5 Å². The number of halogens is 1. The topological polar surface area (TPSA) is 76.1 Å². The highest BCUT2D eigenvalue weighted by Crippen LogP contribution is 2.44. The largest absolute Gasteiger partial charge is 0.507 e. The maximum Gasteiger partial charge on any atom is 0.300 e. The van der Waals surface area contributed by atoms with Gasteiger partial charge in [0.05, 0.1) is 30.9 Å². The molecule has 6 nitrogen and oxygen atoms in total. The summed E-state index contributed by atoms with van der Waals surface area (Å²) in [6.45, 7) is 1.89. The summed E-state index contributed by atoms with van der Waals surface area (Å²) in [5.41, 5.74) is 2.25. The fourth-order valence-electron chi connectivity index (χ4n) is 3.99. The minimum absolute atomic E-state index is 0.0414. The minimum atomic E-state index is -0.845. The van der Waals surface area contributed by atoms with E-state index in [9.17, 15) is 14.7 Å². The number of carbonyl (C=O) groups excluding carboxylic acids is 2. The van der Waals surface area contributed by atoms with E-state index in [-0.39, 0.29) is 21.9 Å². The Kier molecular flexibility index (Phi) is 6.11. The number of hydrogen-bond acceptors (Lipinski definition) is 5. The van der Waals surface area contributed by atoms with E-state index in [0.717, 1.165) is 5.56 Å². The van der Waals surface area contributed by atoms with E-state index in [2.05, 4.69) is 0 Å². The van der Waals surface area contributed by atoms with Crippen LogP contribution in [0, 0.1) is 6.92 Å². The number of Topliss-reactive ketones (excluding diaryl/α,β-unsaturated/α-hetero) is 1. The molecule has 0 aromatic heterocycles. The molecule has 0 spiro atoms.